The predicted octanol–water partition coefficient (Wildman–Crippen LogP) is 8.41. The van der Waals surface area contributed by atoms with Crippen LogP contribution in [0, 0.1) is 17.8 Å². The number of anilines is 1. The number of fused-ring (bicyclic) bond motifs is 2. The average molecular weight is 988 g/mol. The highest BCUT2D eigenvalue weighted by Gasteiger charge is 2.65. The Morgan fingerprint density at radius 3 is 2.35 bits per heavy atom. The lowest BCUT2D eigenvalue weighted by Crippen LogP contribution is -2.70. The Bertz CT molecular complexity index is 2250. The van der Waals surface area contributed by atoms with Crippen LogP contribution in [0.3, 0.4) is 0 Å². The predicted molar refractivity (Wildman–Crippen MR) is 267 cm³/mol. The molecule has 0 bridgehead atoms. The molecule has 17 nitrogen and oxygen atoms in total. The molecule has 1 saturated carbocycles. The quantitative estimate of drug-likeness (QED) is 0.0322. The number of nitrogens with zero attached hydrogens (tertiary/aromatic N) is 2. The number of carbonyl (C=O) groups excluding carboxylic acids is 2. The molecule has 0 unspecified atom stereocenters. The maximum atomic E-state index is 14.7. The molecular formula is C54H73N3O14. The average Bonchev–Trinajstić information content (AvgIpc) is 3.36. The van der Waals surface area contributed by atoms with E-state index >= 15 is 0 Å². The molecule has 1 aliphatic heterocycles. The van der Waals surface area contributed by atoms with Crippen LogP contribution in [0.1, 0.15) is 82.8 Å². The minimum atomic E-state index is -1.60. The molecule has 0 aromatic heterocycles. The Hall–Kier alpha value is -5.69. The largest absolute Gasteiger partial charge is 0.497 e. The number of unbranched alkanes of at least 4 members (excludes halogenated alkanes) is 2. The van der Waals surface area contributed by atoms with Crippen LogP contribution < -0.4 is 24.3 Å². The van der Waals surface area contributed by atoms with Crippen LogP contribution in [-0.4, -0.2) is 129 Å². The zero-order chi connectivity index (χ0) is 50.8. The van der Waals surface area contributed by atoms with Crippen LogP contribution >= 0.6 is 0 Å². The van der Waals surface area contributed by atoms with E-state index in [9.17, 15) is 24.9 Å². The first-order valence-electron chi connectivity index (χ1n) is 24.6. The van der Waals surface area contributed by atoms with E-state index in [1.165, 1.54) is 14.2 Å². The topological polar surface area (TPSA) is 206 Å². The molecule has 2 aliphatic carbocycles. The molecule has 17 heteroatoms. The standard InChI is InChI=1S/C54H73N3O14/c1-7-27-68-54-48(57(23-28-65-29-26-60)52(62)67-31-30-66-36-37-15-9-8-10-16-37)35-45(56-71-53(2,3)4)42-32-38(17-11-13-24-58)41(18-12-14-25-59)49(50(42)54)43-33-40(20-22-46(43)70-54)69-51(61)55-44-21-19-39(63-5)34-47(44)64-6/h7-10,15-16,19-22,32-34,38,41,48-50,58-60H,1,11-14,17-18,23-31,35-36H2,2-6H3,(H,55,61)/t38-,41+,48-,49+,50+,54+/m0/s1. The van der Waals surface area contributed by atoms with Gasteiger partial charge in [0.25, 0.3) is 0 Å². The van der Waals surface area contributed by atoms with Crippen molar-refractivity contribution < 1.29 is 67.6 Å². The Labute approximate surface area is 417 Å². The third-order valence-corrected chi connectivity index (χ3v) is 12.8. The van der Waals surface area contributed by atoms with Gasteiger partial charge in [0.15, 0.2) is 0 Å². The molecule has 0 spiro atoms. The number of nitrogens with one attached hydrogen (secondary N) is 1. The van der Waals surface area contributed by atoms with E-state index in [0.29, 0.717) is 60.9 Å². The maximum Gasteiger partial charge on any atom is 0.417 e. The summed E-state index contributed by atoms with van der Waals surface area (Å²) in [6, 6.07) is 19.0. The van der Waals surface area contributed by atoms with E-state index in [4.69, 9.17) is 47.9 Å². The first kappa shape index (κ1) is 54.6. The molecule has 2 amide bonds. The minimum Gasteiger partial charge on any atom is -0.497 e. The number of amides is 2. The normalized spacial score (nSPS) is 21.7. The van der Waals surface area contributed by atoms with Crippen molar-refractivity contribution in [2.45, 2.75) is 95.7 Å². The van der Waals surface area contributed by atoms with Crippen LogP contribution in [0.2, 0.25) is 0 Å². The molecule has 6 rings (SSSR count). The summed E-state index contributed by atoms with van der Waals surface area (Å²) < 4.78 is 48.9. The summed E-state index contributed by atoms with van der Waals surface area (Å²) in [5.41, 5.74) is 2.84. The van der Waals surface area contributed by atoms with Gasteiger partial charge < -0.3 is 58.1 Å². The monoisotopic (exact) mass is 988 g/mol. The number of carbonyl (C=O) groups is 2. The first-order valence-corrected chi connectivity index (χ1v) is 24.6. The van der Waals surface area contributed by atoms with Gasteiger partial charge in [-0.25, -0.2) is 9.59 Å². The Balaban J connectivity index is 1.49. The van der Waals surface area contributed by atoms with Crippen LogP contribution in [0.5, 0.6) is 23.0 Å². The lowest BCUT2D eigenvalue weighted by atomic mass is 9.55. The van der Waals surface area contributed by atoms with Gasteiger partial charge >= 0.3 is 12.2 Å². The molecule has 71 heavy (non-hydrogen) atoms. The van der Waals surface area contributed by atoms with Crippen molar-refractivity contribution in [3.8, 4) is 23.0 Å². The summed E-state index contributed by atoms with van der Waals surface area (Å²) in [4.78, 5) is 36.2. The molecule has 3 aromatic rings. The van der Waals surface area contributed by atoms with Crippen molar-refractivity contribution in [2.24, 2.45) is 22.9 Å². The van der Waals surface area contributed by atoms with Crippen LogP contribution in [0.4, 0.5) is 15.3 Å². The molecule has 1 fully saturated rings. The van der Waals surface area contributed by atoms with E-state index in [0.717, 1.165) is 29.5 Å². The van der Waals surface area contributed by atoms with Gasteiger partial charge in [0.1, 0.15) is 41.2 Å². The summed E-state index contributed by atoms with van der Waals surface area (Å²) in [5, 5.41) is 37.3. The van der Waals surface area contributed by atoms with Gasteiger partial charge in [-0.1, -0.05) is 60.5 Å². The number of allylic oxidation sites excluding steroid dienone is 1. The Kier molecular flexibility index (Phi) is 20.5. The number of methoxy groups -OCH3 is 2. The van der Waals surface area contributed by atoms with Crippen molar-refractivity contribution in [3.05, 3.63) is 102 Å². The number of hydrogen-bond acceptors (Lipinski definition) is 15. The van der Waals surface area contributed by atoms with E-state index in [1.807, 2.05) is 57.2 Å². The second-order valence-corrected chi connectivity index (χ2v) is 18.7. The highest BCUT2D eigenvalue weighted by molar-refractivity contribution is 6.03. The van der Waals surface area contributed by atoms with Gasteiger partial charge in [-0.05, 0) is 99.8 Å². The molecular weight excluding hydrogens is 915 g/mol. The number of hydrogen-bond donors (Lipinski definition) is 4. The third kappa shape index (κ3) is 14.3. The summed E-state index contributed by atoms with van der Waals surface area (Å²) >= 11 is 0. The molecule has 3 aliphatic rings. The number of rotatable bonds is 27. The smallest absolute Gasteiger partial charge is 0.417 e. The summed E-state index contributed by atoms with van der Waals surface area (Å²) in [6.07, 6.45) is 6.64. The third-order valence-electron chi connectivity index (χ3n) is 12.8. The van der Waals surface area contributed by atoms with Crippen molar-refractivity contribution in [2.75, 3.05) is 78.9 Å². The van der Waals surface area contributed by atoms with Gasteiger partial charge in [-0.15, -0.1) is 6.58 Å². The highest BCUT2D eigenvalue weighted by atomic mass is 16.7. The van der Waals surface area contributed by atoms with Gasteiger partial charge in [0.05, 0.1) is 71.2 Å². The summed E-state index contributed by atoms with van der Waals surface area (Å²) in [6.45, 7) is 10.2. The molecule has 4 N–H and O–H groups in total. The highest BCUT2D eigenvalue weighted by Crippen LogP contribution is 2.62. The molecule has 0 saturated heterocycles. The minimum absolute atomic E-state index is 0.0188. The first-order chi connectivity index (χ1) is 34.4. The fraction of sp³-hybridized carbons (Fsp3) is 0.537. The van der Waals surface area contributed by atoms with Crippen molar-refractivity contribution in [1.82, 2.24) is 4.90 Å². The van der Waals surface area contributed by atoms with Gasteiger partial charge in [-0.3, -0.25) is 10.2 Å². The zero-order valence-electron chi connectivity index (χ0n) is 41.8. The van der Waals surface area contributed by atoms with Crippen molar-refractivity contribution in [1.29, 1.82) is 0 Å². The van der Waals surface area contributed by atoms with Gasteiger partial charge in [0, 0.05) is 43.7 Å². The van der Waals surface area contributed by atoms with Crippen LogP contribution in [0.25, 0.3) is 0 Å². The summed E-state index contributed by atoms with van der Waals surface area (Å²) in [5.74, 6) is -1.18. The van der Waals surface area contributed by atoms with E-state index < -0.39 is 41.5 Å². The zero-order valence-corrected chi connectivity index (χ0v) is 41.8. The lowest BCUT2D eigenvalue weighted by Gasteiger charge is -2.59. The van der Waals surface area contributed by atoms with E-state index in [2.05, 4.69) is 18.0 Å². The Morgan fingerprint density at radius 1 is 0.887 bits per heavy atom. The molecule has 1 heterocycles. The molecule has 388 valence electrons. The van der Waals surface area contributed by atoms with E-state index in [-0.39, 0.29) is 83.4 Å². The SMILES string of the molecule is C=CCO[C@@]12Oc3ccc(OC(=O)Nc4ccc(OC)cc4OC)cc3[C@H]3[C@H](CCCCO)[C@@H](CCCCO)C=C(C(=NOC(C)(C)C)C[C@@H]1N(CCOCCO)C(=O)OCCOCc1ccccc1)[C@H]32. The number of aliphatic hydroxyl groups is 3. The van der Waals surface area contributed by atoms with Crippen molar-refractivity contribution in [3.63, 3.8) is 0 Å². The molecule has 3 aromatic carbocycles. The fourth-order valence-electron chi connectivity index (χ4n) is 9.79. The number of aliphatic hydroxyl groups excluding tert-OH is 3. The van der Waals surface area contributed by atoms with Gasteiger partial charge in [0.2, 0.25) is 5.79 Å². The summed E-state index contributed by atoms with van der Waals surface area (Å²) in [7, 11) is 3.03. The molecule has 6 atom stereocenters. The van der Waals surface area contributed by atoms with Gasteiger partial charge in [-0.2, -0.15) is 0 Å². The van der Waals surface area contributed by atoms with Crippen LogP contribution in [0.15, 0.2) is 96.2 Å². The molecule has 0 radical (unpaired) electrons. The number of oxime groups is 1. The van der Waals surface area contributed by atoms with E-state index in [1.54, 1.807) is 41.3 Å². The Morgan fingerprint density at radius 2 is 1.65 bits per heavy atom. The lowest BCUT2D eigenvalue weighted by molar-refractivity contribution is -0.256. The van der Waals surface area contributed by atoms with Crippen molar-refractivity contribution >= 4 is 23.6 Å². The second kappa shape index (κ2) is 26.7. The number of ether oxygens (including phenoxy) is 8. The maximum absolute atomic E-state index is 14.7. The van der Waals surface area contributed by atoms with Crippen LogP contribution in [-0.2, 0) is 30.4 Å². The second-order valence-electron chi connectivity index (χ2n) is 18.7. The fourth-order valence-corrected chi connectivity index (χ4v) is 9.79. The number of benzene rings is 3.